The third-order valence-corrected chi connectivity index (χ3v) is 9.82. The molecule has 0 aliphatic rings. The fourth-order valence-corrected chi connectivity index (χ4v) is 6.67. The van der Waals surface area contributed by atoms with Gasteiger partial charge >= 0.3 is 37.1 Å². The second-order valence-electron chi connectivity index (χ2n) is 14.5. The number of halogens is 18. The molecule has 0 amide bonds. The Kier molecular flexibility index (Phi) is 13.6. The Bertz CT molecular complexity index is 2470. The molecule has 0 unspecified atom stereocenters. The fourth-order valence-electron chi connectivity index (χ4n) is 6.67. The molecule has 0 heterocycles. The van der Waals surface area contributed by atoms with E-state index < -0.39 is 70.4 Å². The van der Waals surface area contributed by atoms with Crippen molar-refractivity contribution in [3.8, 4) is 0 Å². The Morgan fingerprint density at radius 2 is 0.403 bits per heavy atom. The van der Waals surface area contributed by atoms with Crippen molar-refractivity contribution >= 4 is 53.5 Å². The molecule has 6 rings (SSSR count). The highest BCUT2D eigenvalue weighted by molar-refractivity contribution is 5.81. The first-order valence-corrected chi connectivity index (χ1v) is 19.0. The SMILES string of the molecule is FC(F)(F)c1ccc(/C=C/c2ccc(N(c3ccc(/C=C/c4ccc(C(F)(F)F)c(C(F)(F)F)c4)cc3)c3ccc(/C=C/c4ccc(C(F)(F)F)c(C(F)(F)F)c4)cc3)cc2)cc1C(F)(F)F. The van der Waals surface area contributed by atoms with Crippen molar-refractivity contribution in [3.63, 3.8) is 0 Å². The summed E-state index contributed by atoms with van der Waals surface area (Å²) in [6.07, 6.45) is -24.1. The minimum absolute atomic E-state index is 0.187. The second kappa shape index (κ2) is 18.4. The van der Waals surface area contributed by atoms with Crippen LogP contribution in [0.15, 0.2) is 127 Å². The lowest BCUT2D eigenvalue weighted by Gasteiger charge is -2.26. The predicted molar refractivity (Wildman–Crippen MR) is 217 cm³/mol. The Hall–Kier alpha value is -6.92. The van der Waals surface area contributed by atoms with Crippen LogP contribution in [0.1, 0.15) is 66.8 Å². The van der Waals surface area contributed by atoms with Gasteiger partial charge < -0.3 is 4.90 Å². The maximum Gasteiger partial charge on any atom is 0.417 e. The summed E-state index contributed by atoms with van der Waals surface area (Å²) in [7, 11) is 0. The molecule has 0 saturated carbocycles. The van der Waals surface area contributed by atoms with Gasteiger partial charge in [-0.3, -0.25) is 0 Å². The molecule has 0 spiro atoms. The zero-order chi connectivity index (χ0) is 49.3. The van der Waals surface area contributed by atoms with E-state index >= 15 is 0 Å². The quantitative estimate of drug-likeness (QED) is 0.103. The fraction of sp³-hybridized carbons (Fsp3) is 0.125. The van der Waals surface area contributed by atoms with Crippen molar-refractivity contribution in [2.75, 3.05) is 4.90 Å². The summed E-state index contributed by atoms with van der Waals surface area (Å²) in [4.78, 5) is 1.66. The zero-order valence-electron chi connectivity index (χ0n) is 33.3. The Labute approximate surface area is 368 Å². The summed E-state index contributed by atoms with van der Waals surface area (Å²) in [6, 6.07) is 23.2. The summed E-state index contributed by atoms with van der Waals surface area (Å²) in [5, 5.41) is 0. The molecule has 19 heteroatoms. The third-order valence-electron chi connectivity index (χ3n) is 9.82. The lowest BCUT2D eigenvalue weighted by molar-refractivity contribution is -0.162. The van der Waals surface area contributed by atoms with Crippen LogP contribution in [0.2, 0.25) is 0 Å². The van der Waals surface area contributed by atoms with Crippen molar-refractivity contribution in [2.24, 2.45) is 0 Å². The largest absolute Gasteiger partial charge is 0.417 e. The number of alkyl halides is 18. The molecule has 0 bridgehead atoms. The van der Waals surface area contributed by atoms with Gasteiger partial charge in [0.2, 0.25) is 0 Å². The first-order valence-electron chi connectivity index (χ1n) is 19.0. The molecule has 0 aromatic heterocycles. The van der Waals surface area contributed by atoms with E-state index in [0.29, 0.717) is 70.2 Å². The van der Waals surface area contributed by atoms with Crippen molar-refractivity contribution in [3.05, 3.63) is 194 Å². The average Bonchev–Trinajstić information content (AvgIpc) is 3.23. The number of nitrogens with zero attached hydrogens (tertiary/aromatic N) is 1. The van der Waals surface area contributed by atoms with Crippen molar-refractivity contribution in [1.29, 1.82) is 0 Å². The molecule has 6 aromatic carbocycles. The van der Waals surface area contributed by atoms with Crippen LogP contribution in [0.3, 0.4) is 0 Å². The zero-order valence-corrected chi connectivity index (χ0v) is 33.3. The van der Waals surface area contributed by atoms with Crippen LogP contribution in [0.25, 0.3) is 36.5 Å². The van der Waals surface area contributed by atoms with Gasteiger partial charge in [0, 0.05) is 17.1 Å². The Morgan fingerprint density at radius 3 is 0.597 bits per heavy atom. The van der Waals surface area contributed by atoms with Gasteiger partial charge in [-0.25, -0.2) is 0 Å². The van der Waals surface area contributed by atoms with Crippen LogP contribution >= 0.6 is 0 Å². The lowest BCUT2D eigenvalue weighted by atomic mass is 10.0. The van der Waals surface area contributed by atoms with Gasteiger partial charge in [-0.05, 0) is 106 Å². The van der Waals surface area contributed by atoms with Gasteiger partial charge in [-0.1, -0.05) is 91.1 Å². The van der Waals surface area contributed by atoms with Gasteiger partial charge in [0.15, 0.2) is 0 Å². The predicted octanol–water partition coefficient (Wildman–Crippen LogP) is 17.8. The minimum atomic E-state index is -5.30. The molecular weight excluding hydrogens is 932 g/mol. The van der Waals surface area contributed by atoms with E-state index in [9.17, 15) is 79.0 Å². The Morgan fingerprint density at radius 1 is 0.224 bits per heavy atom. The van der Waals surface area contributed by atoms with Crippen LogP contribution in [-0.4, -0.2) is 0 Å². The maximum absolute atomic E-state index is 13.5. The third kappa shape index (κ3) is 12.3. The normalized spacial score (nSPS) is 13.3. The molecule has 0 aliphatic carbocycles. The average molecular weight is 960 g/mol. The van der Waals surface area contributed by atoms with Crippen LogP contribution in [0.5, 0.6) is 0 Å². The number of hydrogen-bond donors (Lipinski definition) is 0. The highest BCUT2D eigenvalue weighted by Gasteiger charge is 2.45. The summed E-state index contributed by atoms with van der Waals surface area (Å²) < 4.78 is 241. The topological polar surface area (TPSA) is 3.24 Å². The maximum atomic E-state index is 13.5. The van der Waals surface area contributed by atoms with E-state index in [1.165, 1.54) is 72.9 Å². The lowest BCUT2D eigenvalue weighted by Crippen LogP contribution is -2.16. The van der Waals surface area contributed by atoms with Gasteiger partial charge in [-0.15, -0.1) is 0 Å². The molecule has 0 saturated heterocycles. The molecule has 0 aliphatic heterocycles. The molecule has 350 valence electrons. The van der Waals surface area contributed by atoms with Gasteiger partial charge in [-0.2, -0.15) is 79.0 Å². The molecular formula is C48H27F18N. The van der Waals surface area contributed by atoms with E-state index in [1.54, 1.807) is 41.3 Å². The van der Waals surface area contributed by atoms with E-state index in [4.69, 9.17) is 0 Å². The van der Waals surface area contributed by atoms with E-state index in [0.717, 1.165) is 18.2 Å². The van der Waals surface area contributed by atoms with Crippen LogP contribution < -0.4 is 4.90 Å². The molecule has 0 fully saturated rings. The van der Waals surface area contributed by atoms with E-state index in [2.05, 4.69) is 0 Å². The number of hydrogen-bond acceptors (Lipinski definition) is 1. The highest BCUT2D eigenvalue weighted by atomic mass is 19.4. The van der Waals surface area contributed by atoms with Crippen molar-refractivity contribution < 1.29 is 79.0 Å². The highest BCUT2D eigenvalue weighted by Crippen LogP contribution is 2.44. The monoisotopic (exact) mass is 959 g/mol. The smallest absolute Gasteiger partial charge is 0.311 e. The summed E-state index contributed by atoms with van der Waals surface area (Å²) in [6.45, 7) is 0. The second-order valence-corrected chi connectivity index (χ2v) is 14.5. The van der Waals surface area contributed by atoms with E-state index in [1.807, 2.05) is 0 Å². The van der Waals surface area contributed by atoms with Crippen molar-refractivity contribution in [1.82, 2.24) is 0 Å². The molecule has 1 nitrogen and oxygen atoms in total. The van der Waals surface area contributed by atoms with Crippen LogP contribution in [0.4, 0.5) is 96.1 Å². The molecule has 67 heavy (non-hydrogen) atoms. The van der Waals surface area contributed by atoms with Crippen molar-refractivity contribution in [2.45, 2.75) is 37.1 Å². The number of anilines is 3. The van der Waals surface area contributed by atoms with Crippen LogP contribution in [-0.2, 0) is 37.1 Å². The van der Waals surface area contributed by atoms with E-state index in [-0.39, 0.29) is 16.7 Å². The summed E-state index contributed by atoms with van der Waals surface area (Å²) in [5.74, 6) is 0. The van der Waals surface area contributed by atoms with Gasteiger partial charge in [0.05, 0.1) is 33.4 Å². The molecule has 0 atom stereocenters. The number of rotatable bonds is 9. The summed E-state index contributed by atoms with van der Waals surface area (Å²) in [5.41, 5.74) is -9.25. The minimum Gasteiger partial charge on any atom is -0.311 e. The molecule has 0 radical (unpaired) electrons. The summed E-state index contributed by atoms with van der Waals surface area (Å²) >= 11 is 0. The van der Waals surface area contributed by atoms with Crippen LogP contribution in [0, 0.1) is 0 Å². The molecule has 6 aromatic rings. The van der Waals surface area contributed by atoms with Gasteiger partial charge in [0.25, 0.3) is 0 Å². The standard InChI is InChI=1S/C48H27F18N/c49-43(50,51)37-22-13-31(25-40(37)46(58,59)60)4-1-28-7-16-34(17-8-28)67(35-18-9-29(10-19-35)2-5-32-14-23-38(44(52,53)54)41(26-32)47(61,62)63)36-20-11-30(12-21-36)3-6-33-15-24-39(45(55,56)57)42(27-33)48(64,65)66/h1-27H/b4-1+,5-2+,6-3+. The Balaban J connectivity index is 1.32. The first kappa shape index (κ1) is 49.5. The van der Waals surface area contributed by atoms with Gasteiger partial charge in [0.1, 0.15) is 0 Å². The number of benzene rings is 6. The molecule has 0 N–H and O–H groups in total. The first-order chi connectivity index (χ1) is 31.0.